The predicted octanol–water partition coefficient (Wildman–Crippen LogP) is 2.80. The van der Waals surface area contributed by atoms with Crippen molar-refractivity contribution in [3.05, 3.63) is 29.3 Å². The molecule has 2 heterocycles. The second-order valence-electron chi connectivity index (χ2n) is 3.40. The molecule has 0 unspecified atom stereocenters. The van der Waals surface area contributed by atoms with Crippen LogP contribution in [-0.4, -0.2) is 15.0 Å². The van der Waals surface area contributed by atoms with E-state index in [9.17, 15) is 0 Å². The maximum atomic E-state index is 6.02. The van der Waals surface area contributed by atoms with E-state index >= 15 is 0 Å². The van der Waals surface area contributed by atoms with E-state index in [0.29, 0.717) is 10.8 Å². The van der Waals surface area contributed by atoms with E-state index in [2.05, 4.69) is 15.0 Å². The molecule has 3 nitrogen and oxygen atoms in total. The van der Waals surface area contributed by atoms with Gasteiger partial charge in [-0.1, -0.05) is 25.4 Å². The van der Waals surface area contributed by atoms with Gasteiger partial charge < -0.3 is 0 Å². The van der Waals surface area contributed by atoms with Crippen LogP contribution in [0.5, 0.6) is 0 Å². The Kier molecular flexibility index (Phi) is 2.33. The Morgan fingerprint density at radius 1 is 1.29 bits per heavy atom. The summed E-state index contributed by atoms with van der Waals surface area (Å²) in [6.45, 7) is 4.06. The van der Waals surface area contributed by atoms with Crippen molar-refractivity contribution in [2.75, 3.05) is 0 Å². The quantitative estimate of drug-likeness (QED) is 0.675. The van der Waals surface area contributed by atoms with E-state index in [4.69, 9.17) is 11.6 Å². The highest BCUT2D eigenvalue weighted by Gasteiger charge is 2.08. The minimum Gasteiger partial charge on any atom is -0.236 e. The Labute approximate surface area is 87.2 Å². The van der Waals surface area contributed by atoms with E-state index in [1.54, 1.807) is 6.20 Å². The SMILES string of the molecule is CC(C)c1nc(Cl)c2cccnc2n1. The topological polar surface area (TPSA) is 38.7 Å². The number of fused-ring (bicyclic) bond motifs is 1. The van der Waals surface area contributed by atoms with Gasteiger partial charge in [0.2, 0.25) is 0 Å². The Bertz CT molecular complexity index is 468. The van der Waals surface area contributed by atoms with Crippen molar-refractivity contribution in [2.45, 2.75) is 19.8 Å². The largest absolute Gasteiger partial charge is 0.236 e. The Morgan fingerprint density at radius 3 is 2.79 bits per heavy atom. The van der Waals surface area contributed by atoms with E-state index in [0.717, 1.165) is 11.2 Å². The summed E-state index contributed by atoms with van der Waals surface area (Å²) in [6.07, 6.45) is 1.70. The van der Waals surface area contributed by atoms with Gasteiger partial charge in [0.25, 0.3) is 0 Å². The predicted molar refractivity (Wildman–Crippen MR) is 56.4 cm³/mol. The van der Waals surface area contributed by atoms with Crippen LogP contribution >= 0.6 is 11.6 Å². The summed E-state index contributed by atoms with van der Waals surface area (Å²) in [5.41, 5.74) is 0.663. The van der Waals surface area contributed by atoms with Crippen molar-refractivity contribution in [1.29, 1.82) is 0 Å². The summed E-state index contributed by atoms with van der Waals surface area (Å²) < 4.78 is 0. The molecule has 0 saturated heterocycles. The molecule has 0 fully saturated rings. The van der Waals surface area contributed by atoms with Crippen LogP contribution in [0.3, 0.4) is 0 Å². The van der Waals surface area contributed by atoms with Crippen LogP contribution in [0.25, 0.3) is 11.0 Å². The molecule has 0 aliphatic heterocycles. The molecule has 4 heteroatoms. The summed E-state index contributed by atoms with van der Waals surface area (Å²) >= 11 is 6.02. The monoisotopic (exact) mass is 207 g/mol. The molecule has 0 amide bonds. The summed E-state index contributed by atoms with van der Waals surface area (Å²) in [5, 5.41) is 1.28. The molecule has 2 aromatic rings. The standard InChI is InChI=1S/C10H10ClN3/c1-6(2)9-13-8(11)7-4-3-5-12-10(7)14-9/h3-6H,1-2H3. The van der Waals surface area contributed by atoms with Crippen LogP contribution in [0.15, 0.2) is 18.3 Å². The molecule has 0 atom stereocenters. The zero-order valence-electron chi connectivity index (χ0n) is 8.03. The molecule has 0 aliphatic rings. The van der Waals surface area contributed by atoms with E-state index in [-0.39, 0.29) is 5.92 Å². The van der Waals surface area contributed by atoms with Gasteiger partial charge in [-0.05, 0) is 12.1 Å². The first kappa shape index (κ1) is 9.34. The zero-order valence-corrected chi connectivity index (χ0v) is 8.78. The molecule has 72 valence electrons. The minimum absolute atomic E-state index is 0.263. The molecule has 2 rings (SSSR count). The van der Waals surface area contributed by atoms with Crippen LogP contribution in [0, 0.1) is 0 Å². The van der Waals surface area contributed by atoms with Gasteiger partial charge in [0.1, 0.15) is 11.0 Å². The number of pyridine rings is 1. The second kappa shape index (κ2) is 3.50. The molecule has 0 bridgehead atoms. The minimum atomic E-state index is 0.263. The van der Waals surface area contributed by atoms with Gasteiger partial charge in [0.15, 0.2) is 5.65 Å². The van der Waals surface area contributed by atoms with Crippen LogP contribution in [0.1, 0.15) is 25.6 Å². The number of aromatic nitrogens is 3. The van der Waals surface area contributed by atoms with Gasteiger partial charge in [-0.3, -0.25) is 0 Å². The lowest BCUT2D eigenvalue weighted by Crippen LogP contribution is -1.99. The first-order valence-electron chi connectivity index (χ1n) is 4.46. The number of hydrogen-bond acceptors (Lipinski definition) is 3. The van der Waals surface area contributed by atoms with Crippen LogP contribution in [0.2, 0.25) is 5.15 Å². The van der Waals surface area contributed by atoms with Gasteiger partial charge in [0.05, 0.1) is 5.39 Å². The fraction of sp³-hybridized carbons (Fsp3) is 0.300. The molecule has 0 aliphatic carbocycles. The molecular weight excluding hydrogens is 198 g/mol. The third-order valence-electron chi connectivity index (χ3n) is 1.96. The van der Waals surface area contributed by atoms with E-state index in [1.807, 2.05) is 26.0 Å². The Hall–Kier alpha value is -1.22. The van der Waals surface area contributed by atoms with E-state index < -0.39 is 0 Å². The van der Waals surface area contributed by atoms with Crippen molar-refractivity contribution in [1.82, 2.24) is 15.0 Å². The third-order valence-corrected chi connectivity index (χ3v) is 2.25. The van der Waals surface area contributed by atoms with Gasteiger partial charge in [-0.25, -0.2) is 15.0 Å². The maximum Gasteiger partial charge on any atom is 0.164 e. The Morgan fingerprint density at radius 2 is 2.07 bits per heavy atom. The second-order valence-corrected chi connectivity index (χ2v) is 3.76. The van der Waals surface area contributed by atoms with Crippen molar-refractivity contribution >= 4 is 22.6 Å². The van der Waals surface area contributed by atoms with Gasteiger partial charge >= 0.3 is 0 Å². The summed E-state index contributed by atoms with van der Waals surface area (Å²) in [4.78, 5) is 12.7. The highest BCUT2D eigenvalue weighted by molar-refractivity contribution is 6.33. The highest BCUT2D eigenvalue weighted by Crippen LogP contribution is 2.20. The van der Waals surface area contributed by atoms with Crippen molar-refractivity contribution in [2.24, 2.45) is 0 Å². The van der Waals surface area contributed by atoms with Crippen LogP contribution in [-0.2, 0) is 0 Å². The highest BCUT2D eigenvalue weighted by atomic mass is 35.5. The average Bonchev–Trinajstić information content (AvgIpc) is 2.17. The third kappa shape index (κ3) is 1.55. The Balaban J connectivity index is 2.72. The maximum absolute atomic E-state index is 6.02. The molecule has 0 saturated carbocycles. The number of halogens is 1. The number of hydrogen-bond donors (Lipinski definition) is 0. The van der Waals surface area contributed by atoms with Gasteiger partial charge in [0, 0.05) is 12.1 Å². The van der Waals surface area contributed by atoms with Gasteiger partial charge in [-0.2, -0.15) is 0 Å². The number of rotatable bonds is 1. The van der Waals surface area contributed by atoms with Crippen LogP contribution in [0.4, 0.5) is 0 Å². The van der Waals surface area contributed by atoms with Gasteiger partial charge in [-0.15, -0.1) is 0 Å². The summed E-state index contributed by atoms with van der Waals surface area (Å²) in [5.74, 6) is 1.00. The lowest BCUT2D eigenvalue weighted by molar-refractivity contribution is 0.781. The smallest absolute Gasteiger partial charge is 0.164 e. The fourth-order valence-corrected chi connectivity index (χ4v) is 1.43. The van der Waals surface area contributed by atoms with Crippen LogP contribution < -0.4 is 0 Å². The lowest BCUT2D eigenvalue weighted by atomic mass is 10.2. The molecule has 0 spiro atoms. The average molecular weight is 208 g/mol. The molecular formula is C10H10ClN3. The molecule has 2 aromatic heterocycles. The van der Waals surface area contributed by atoms with Crippen molar-refractivity contribution in [3.8, 4) is 0 Å². The van der Waals surface area contributed by atoms with E-state index in [1.165, 1.54) is 0 Å². The van der Waals surface area contributed by atoms with Crippen molar-refractivity contribution in [3.63, 3.8) is 0 Å². The molecule has 0 N–H and O–H groups in total. The molecule has 14 heavy (non-hydrogen) atoms. The zero-order chi connectivity index (χ0) is 10.1. The normalized spacial score (nSPS) is 11.1. The number of nitrogens with zero attached hydrogens (tertiary/aromatic N) is 3. The summed E-state index contributed by atoms with van der Waals surface area (Å²) in [7, 11) is 0. The molecule has 0 aromatic carbocycles. The van der Waals surface area contributed by atoms with Crippen molar-refractivity contribution < 1.29 is 0 Å². The molecule has 0 radical (unpaired) electrons. The fourth-order valence-electron chi connectivity index (χ4n) is 1.20. The lowest BCUT2D eigenvalue weighted by Gasteiger charge is -2.05. The first-order valence-corrected chi connectivity index (χ1v) is 4.84. The first-order chi connectivity index (χ1) is 6.68. The summed E-state index contributed by atoms with van der Waals surface area (Å²) in [6, 6.07) is 3.70.